The van der Waals surface area contributed by atoms with Crippen LogP contribution in [0.3, 0.4) is 0 Å². The van der Waals surface area contributed by atoms with Crippen LogP contribution >= 0.6 is 0 Å². The number of phenols is 2. The number of amides is 2. The summed E-state index contributed by atoms with van der Waals surface area (Å²) in [6, 6.07) is 0. The van der Waals surface area contributed by atoms with Gasteiger partial charge in [0.25, 0.3) is 0 Å². The highest BCUT2D eigenvalue weighted by molar-refractivity contribution is 6.41. The molecule has 0 aliphatic carbocycles. The molecule has 8 heteroatoms. The van der Waals surface area contributed by atoms with Crippen molar-refractivity contribution in [3.63, 3.8) is 0 Å². The van der Waals surface area contributed by atoms with Crippen molar-refractivity contribution in [2.24, 2.45) is 0 Å². The third kappa shape index (κ3) is 1.63. The van der Waals surface area contributed by atoms with Crippen LogP contribution in [-0.2, 0) is 9.59 Å². The molecule has 1 atom stereocenters. The molecule has 0 bridgehead atoms. The number of likely N-dealkylation sites (N-methyl/N-ethyl adjacent to an activating group) is 1. The Kier molecular flexibility index (Phi) is 2.88. The second kappa shape index (κ2) is 4.43. The van der Waals surface area contributed by atoms with E-state index in [1.165, 1.54) is 14.0 Å². The lowest BCUT2D eigenvalue weighted by Crippen LogP contribution is -2.25. The first-order valence-electron chi connectivity index (χ1n) is 6.60. The van der Waals surface area contributed by atoms with Crippen molar-refractivity contribution in [3.05, 3.63) is 11.1 Å². The normalized spacial score (nSPS) is 18.6. The summed E-state index contributed by atoms with van der Waals surface area (Å²) in [7, 11) is 7.12. The van der Waals surface area contributed by atoms with Crippen LogP contribution in [0.25, 0.3) is 10.9 Å². The number of nitrogens with zero attached hydrogens (tertiary/aromatic N) is 1. The van der Waals surface area contributed by atoms with Gasteiger partial charge in [-0.15, -0.1) is 0 Å². The molecule has 0 saturated carbocycles. The Morgan fingerprint density at radius 2 is 1.86 bits per heavy atom. The van der Waals surface area contributed by atoms with Crippen LogP contribution in [0.5, 0.6) is 17.4 Å². The van der Waals surface area contributed by atoms with Gasteiger partial charge in [-0.25, -0.2) is 0 Å². The number of fused-ring (bicyclic) bond motifs is 1. The highest BCUT2D eigenvalue weighted by Crippen LogP contribution is 2.43. The molecule has 4 N–H and O–H groups in total. The Balaban J connectivity index is 2.35. The third-order valence-electron chi connectivity index (χ3n) is 4.23. The van der Waals surface area contributed by atoms with Gasteiger partial charge in [-0.2, -0.15) is 0 Å². The number of nitrogens with one attached hydrogen (secondary N) is 1. The molecule has 1 aliphatic heterocycles. The summed E-state index contributed by atoms with van der Waals surface area (Å²) in [5.74, 6) is -2.87. The molecule has 2 radical (unpaired) electrons. The number of likely N-dealkylation sites (tertiary alicyclic amines) is 1. The van der Waals surface area contributed by atoms with Crippen molar-refractivity contribution in [2.75, 3.05) is 7.05 Å². The zero-order valence-corrected chi connectivity index (χ0v) is 12.0. The standard InChI is InChI=1S/C14H13BN2O5/c1-4-7-8(5-3-6(18)17(2)14(5)22)13(21)16-10(7)9(15)12(20)11(4)19/h5,16,19-21H,3H2,1-2H3. The highest BCUT2D eigenvalue weighted by atomic mass is 16.3. The van der Waals surface area contributed by atoms with Crippen molar-refractivity contribution in [1.29, 1.82) is 0 Å². The van der Waals surface area contributed by atoms with Gasteiger partial charge in [-0.3, -0.25) is 14.5 Å². The molecule has 2 heterocycles. The molecule has 22 heavy (non-hydrogen) atoms. The van der Waals surface area contributed by atoms with E-state index < -0.39 is 23.3 Å². The van der Waals surface area contributed by atoms with Gasteiger partial charge < -0.3 is 20.3 Å². The minimum atomic E-state index is -0.853. The van der Waals surface area contributed by atoms with Gasteiger partial charge in [0.15, 0.2) is 17.4 Å². The number of aromatic nitrogens is 1. The summed E-state index contributed by atoms with van der Waals surface area (Å²) in [5.41, 5.74) is 0.556. The fourth-order valence-electron chi connectivity index (χ4n) is 2.96. The summed E-state index contributed by atoms with van der Waals surface area (Å²) in [5, 5.41) is 30.2. The Labute approximate surface area is 126 Å². The molecule has 1 unspecified atom stereocenters. The topological polar surface area (TPSA) is 114 Å². The lowest BCUT2D eigenvalue weighted by molar-refractivity contribution is -0.137. The fraction of sp³-hybridized carbons (Fsp3) is 0.286. The van der Waals surface area contributed by atoms with E-state index in [4.69, 9.17) is 7.85 Å². The van der Waals surface area contributed by atoms with Gasteiger partial charge in [-0.05, 0) is 12.4 Å². The van der Waals surface area contributed by atoms with Crippen LogP contribution < -0.4 is 5.46 Å². The SMILES string of the molecule is [B]c1c(O)c(O)c(C)c2c(C3CC(=O)N(C)C3=O)c(O)[nH]c12. The summed E-state index contributed by atoms with van der Waals surface area (Å²) in [6.07, 6.45) is -0.0726. The monoisotopic (exact) mass is 300 g/mol. The number of imide groups is 1. The molecule has 112 valence electrons. The number of H-pyrrole nitrogens is 1. The van der Waals surface area contributed by atoms with E-state index in [1.807, 2.05) is 0 Å². The Morgan fingerprint density at radius 3 is 2.41 bits per heavy atom. The molecule has 1 fully saturated rings. The van der Waals surface area contributed by atoms with Crippen LogP contribution in [0.2, 0.25) is 0 Å². The van der Waals surface area contributed by atoms with Gasteiger partial charge >= 0.3 is 0 Å². The smallest absolute Gasteiger partial charge is 0.237 e. The van der Waals surface area contributed by atoms with E-state index in [2.05, 4.69) is 4.98 Å². The van der Waals surface area contributed by atoms with Crippen LogP contribution in [-0.4, -0.2) is 51.9 Å². The number of aromatic amines is 1. The number of hydrogen-bond acceptors (Lipinski definition) is 5. The van der Waals surface area contributed by atoms with Crippen molar-refractivity contribution in [2.45, 2.75) is 19.3 Å². The average Bonchev–Trinajstić information content (AvgIpc) is 2.95. The molecule has 1 aromatic carbocycles. The minimum Gasteiger partial charge on any atom is -0.505 e. The van der Waals surface area contributed by atoms with Gasteiger partial charge in [0.1, 0.15) is 7.85 Å². The number of rotatable bonds is 1. The lowest BCUT2D eigenvalue weighted by Gasteiger charge is -2.12. The van der Waals surface area contributed by atoms with Crippen LogP contribution in [0.4, 0.5) is 0 Å². The number of carbonyl (C=O) groups excluding carboxylic acids is 2. The number of hydrogen-bond donors (Lipinski definition) is 4. The second-order valence-electron chi connectivity index (χ2n) is 5.42. The number of aryl methyl sites for hydroxylation is 1. The zero-order chi connectivity index (χ0) is 16.3. The molecule has 1 aromatic heterocycles. The van der Waals surface area contributed by atoms with Crippen LogP contribution in [0.15, 0.2) is 0 Å². The van der Waals surface area contributed by atoms with E-state index in [0.29, 0.717) is 5.39 Å². The van der Waals surface area contributed by atoms with Crippen LogP contribution in [0.1, 0.15) is 23.5 Å². The summed E-state index contributed by atoms with van der Waals surface area (Å²) >= 11 is 0. The van der Waals surface area contributed by atoms with Gasteiger partial charge in [-0.1, -0.05) is 0 Å². The van der Waals surface area contributed by atoms with Crippen molar-refractivity contribution in [1.82, 2.24) is 9.88 Å². The third-order valence-corrected chi connectivity index (χ3v) is 4.23. The maximum Gasteiger partial charge on any atom is 0.237 e. The fourth-order valence-corrected chi connectivity index (χ4v) is 2.96. The number of carbonyl (C=O) groups is 2. The van der Waals surface area contributed by atoms with Crippen molar-refractivity contribution < 1.29 is 24.9 Å². The van der Waals surface area contributed by atoms with Gasteiger partial charge in [0.05, 0.1) is 5.92 Å². The Bertz CT molecular complexity index is 842. The first kappa shape index (κ1) is 14.3. The van der Waals surface area contributed by atoms with Gasteiger partial charge in [0, 0.05) is 35.5 Å². The molecule has 0 spiro atoms. The first-order valence-corrected chi connectivity index (χ1v) is 6.60. The van der Waals surface area contributed by atoms with E-state index in [1.54, 1.807) is 0 Å². The molecule has 1 aliphatic rings. The Morgan fingerprint density at radius 1 is 1.23 bits per heavy atom. The quantitative estimate of drug-likeness (QED) is 0.332. The zero-order valence-electron chi connectivity index (χ0n) is 12.0. The van der Waals surface area contributed by atoms with Crippen LogP contribution in [0, 0.1) is 6.92 Å². The van der Waals surface area contributed by atoms with E-state index in [-0.39, 0.29) is 40.3 Å². The number of aromatic hydroxyl groups is 3. The maximum absolute atomic E-state index is 12.2. The number of phenolic OH excluding ortho intramolecular Hbond substituents is 2. The number of benzene rings is 1. The molecule has 2 amide bonds. The maximum atomic E-state index is 12.2. The van der Waals surface area contributed by atoms with Crippen molar-refractivity contribution in [3.8, 4) is 17.4 Å². The highest BCUT2D eigenvalue weighted by Gasteiger charge is 2.40. The summed E-state index contributed by atoms with van der Waals surface area (Å²) < 4.78 is 0. The molecule has 2 aromatic rings. The summed E-state index contributed by atoms with van der Waals surface area (Å²) in [6.45, 7) is 1.53. The molecule has 7 nitrogen and oxygen atoms in total. The van der Waals surface area contributed by atoms with E-state index in [9.17, 15) is 24.9 Å². The predicted octanol–water partition coefficient (Wildman–Crippen LogP) is -0.141. The minimum absolute atomic E-state index is 0.0726. The summed E-state index contributed by atoms with van der Waals surface area (Å²) in [4.78, 5) is 27.5. The molecule has 1 saturated heterocycles. The predicted molar refractivity (Wildman–Crippen MR) is 78.6 cm³/mol. The van der Waals surface area contributed by atoms with Gasteiger partial charge in [0.2, 0.25) is 11.8 Å². The van der Waals surface area contributed by atoms with Crippen molar-refractivity contribution >= 4 is 36.0 Å². The average molecular weight is 300 g/mol. The second-order valence-corrected chi connectivity index (χ2v) is 5.42. The lowest BCUT2D eigenvalue weighted by atomic mass is 9.87. The Hall–Kier alpha value is -2.64. The molecular formula is C14H13BN2O5. The molecular weight excluding hydrogens is 287 g/mol. The largest absolute Gasteiger partial charge is 0.505 e. The van der Waals surface area contributed by atoms with E-state index in [0.717, 1.165) is 4.90 Å². The first-order chi connectivity index (χ1) is 10.3. The molecule has 3 rings (SSSR count). The van der Waals surface area contributed by atoms with E-state index >= 15 is 0 Å².